The molecule has 0 aliphatic heterocycles. The minimum atomic E-state index is 0.0705. The molecule has 0 amide bonds. The first-order valence-electron chi connectivity index (χ1n) is 9.68. The van der Waals surface area contributed by atoms with E-state index in [4.69, 9.17) is 10.8 Å². The molecule has 0 fully saturated rings. The fourth-order valence-corrected chi connectivity index (χ4v) is 2.76. The van der Waals surface area contributed by atoms with Crippen molar-refractivity contribution < 1.29 is 5.11 Å². The summed E-state index contributed by atoms with van der Waals surface area (Å²) in [5.41, 5.74) is 6.58. The van der Waals surface area contributed by atoms with E-state index in [2.05, 4.69) is 13.3 Å². The first kappa shape index (κ1) is 21.5. The van der Waals surface area contributed by atoms with Gasteiger partial charge in [-0.05, 0) is 25.3 Å². The predicted molar refractivity (Wildman–Crippen MR) is 98.6 cm³/mol. The minimum Gasteiger partial charge on any atom is -0.402 e. The lowest BCUT2D eigenvalue weighted by Gasteiger charge is -2.03. The zero-order chi connectivity index (χ0) is 16.3. The highest BCUT2D eigenvalue weighted by Gasteiger charge is 1.95. The van der Waals surface area contributed by atoms with Crippen LogP contribution in [-0.4, -0.2) is 11.7 Å². The van der Waals surface area contributed by atoms with Crippen LogP contribution in [0.1, 0.15) is 103 Å². The summed E-state index contributed by atoms with van der Waals surface area (Å²) < 4.78 is 0. The Labute approximate surface area is 139 Å². The zero-order valence-electron chi connectivity index (χ0n) is 15.0. The Balaban J connectivity index is 3.04. The zero-order valence-corrected chi connectivity index (χ0v) is 15.0. The lowest BCUT2D eigenvalue weighted by atomic mass is 10.0. The molecule has 3 N–H and O–H groups in total. The lowest BCUT2D eigenvalue weighted by molar-refractivity contribution is 0.341. The van der Waals surface area contributed by atoms with E-state index in [9.17, 15) is 0 Å². The molecule has 1 radical (unpaired) electrons. The molecule has 131 valence electrons. The van der Waals surface area contributed by atoms with Crippen LogP contribution in [0, 0.1) is 6.42 Å². The van der Waals surface area contributed by atoms with Gasteiger partial charge in [0.15, 0.2) is 0 Å². The third kappa shape index (κ3) is 17.6. The first-order chi connectivity index (χ1) is 10.8. The molecule has 0 bridgehead atoms. The standard InChI is InChI=1S/C20H40NO/c1-2-3-4-5-6-7-8-9-10-11-12-13-14-15-16-17-20(21)18-19-22/h9,18,22H,2-8,10-17,19,21H2,1H3. The number of hydrogen-bond acceptors (Lipinski definition) is 2. The normalized spacial score (nSPS) is 12.0. The molecule has 0 unspecified atom stereocenters. The molecule has 2 nitrogen and oxygen atoms in total. The molecule has 0 rings (SSSR count). The fourth-order valence-electron chi connectivity index (χ4n) is 2.76. The number of hydrogen-bond donors (Lipinski definition) is 2. The molecule has 0 aromatic heterocycles. The van der Waals surface area contributed by atoms with Crippen LogP contribution in [0.5, 0.6) is 0 Å². The van der Waals surface area contributed by atoms with Crippen molar-refractivity contribution in [3.63, 3.8) is 0 Å². The number of unbranched alkanes of at least 4 members (excludes halogenated alkanes) is 14. The molecule has 0 saturated heterocycles. The maximum atomic E-state index is 8.70. The highest BCUT2D eigenvalue weighted by atomic mass is 16.2. The largest absolute Gasteiger partial charge is 0.402 e. The van der Waals surface area contributed by atoms with Crippen LogP contribution in [0.15, 0.2) is 11.8 Å². The van der Waals surface area contributed by atoms with E-state index < -0.39 is 0 Å². The summed E-state index contributed by atoms with van der Waals surface area (Å²) >= 11 is 0. The summed E-state index contributed by atoms with van der Waals surface area (Å²) in [4.78, 5) is 0. The van der Waals surface area contributed by atoms with Crippen LogP contribution >= 0.6 is 0 Å². The molecule has 2 heteroatoms. The number of aliphatic hydroxyl groups excluding tert-OH is 1. The van der Waals surface area contributed by atoms with Gasteiger partial charge in [-0.1, -0.05) is 90.4 Å². The Morgan fingerprint density at radius 3 is 1.82 bits per heavy atom. The Bertz CT molecular complexity index is 238. The molecular formula is C20H40NO. The summed E-state index contributed by atoms with van der Waals surface area (Å²) in [6.45, 7) is 2.35. The SMILES string of the molecule is CCCCCCCC[CH]CCCCCCCCC(N)=CCO. The topological polar surface area (TPSA) is 46.2 Å². The Morgan fingerprint density at radius 2 is 1.27 bits per heavy atom. The van der Waals surface area contributed by atoms with Crippen molar-refractivity contribution in [3.05, 3.63) is 18.2 Å². The average Bonchev–Trinajstić information content (AvgIpc) is 2.51. The number of rotatable bonds is 17. The minimum absolute atomic E-state index is 0.0705. The maximum Gasteiger partial charge on any atom is 0.0631 e. The second kappa shape index (κ2) is 18.5. The van der Waals surface area contributed by atoms with Crippen molar-refractivity contribution in [2.24, 2.45) is 5.73 Å². The van der Waals surface area contributed by atoms with E-state index in [1.54, 1.807) is 6.08 Å². The summed E-state index contributed by atoms with van der Waals surface area (Å²) in [6, 6.07) is 0. The van der Waals surface area contributed by atoms with Gasteiger partial charge in [0.2, 0.25) is 0 Å². The highest BCUT2D eigenvalue weighted by molar-refractivity contribution is 4.95. The molecule has 0 aromatic carbocycles. The summed E-state index contributed by atoms with van der Waals surface area (Å²) in [6.07, 6.45) is 24.0. The molecule has 0 aliphatic rings. The summed E-state index contributed by atoms with van der Waals surface area (Å²) in [5.74, 6) is 0. The quantitative estimate of drug-likeness (QED) is 0.329. The molecule has 0 aromatic rings. The smallest absolute Gasteiger partial charge is 0.0631 e. The van der Waals surface area contributed by atoms with Crippen LogP contribution in [0.3, 0.4) is 0 Å². The second-order valence-electron chi connectivity index (χ2n) is 6.47. The van der Waals surface area contributed by atoms with Gasteiger partial charge in [-0.25, -0.2) is 0 Å². The molecule has 0 atom stereocenters. The predicted octanol–water partition coefficient (Wildman–Crippen LogP) is 5.90. The van der Waals surface area contributed by atoms with Gasteiger partial charge in [-0.15, -0.1) is 0 Å². The molecule has 22 heavy (non-hydrogen) atoms. The number of aliphatic hydroxyl groups is 1. The van der Waals surface area contributed by atoms with Crippen LogP contribution < -0.4 is 5.73 Å². The Kier molecular flexibility index (Phi) is 18.1. The molecule has 0 heterocycles. The second-order valence-corrected chi connectivity index (χ2v) is 6.47. The lowest BCUT2D eigenvalue weighted by Crippen LogP contribution is -1.98. The summed E-state index contributed by atoms with van der Waals surface area (Å²) in [7, 11) is 0. The molecular weight excluding hydrogens is 270 g/mol. The monoisotopic (exact) mass is 310 g/mol. The summed E-state index contributed by atoms with van der Waals surface area (Å²) in [5, 5.41) is 8.70. The molecule has 0 spiro atoms. The Morgan fingerprint density at radius 1 is 0.773 bits per heavy atom. The van der Waals surface area contributed by atoms with E-state index in [1.165, 1.54) is 83.5 Å². The number of nitrogens with two attached hydrogens (primary N) is 1. The van der Waals surface area contributed by atoms with Gasteiger partial charge < -0.3 is 10.8 Å². The fraction of sp³-hybridized carbons (Fsp3) is 0.850. The highest BCUT2D eigenvalue weighted by Crippen LogP contribution is 2.13. The first-order valence-corrected chi connectivity index (χ1v) is 9.68. The van der Waals surface area contributed by atoms with E-state index in [0.717, 1.165) is 18.5 Å². The van der Waals surface area contributed by atoms with Gasteiger partial charge in [-0.3, -0.25) is 0 Å². The third-order valence-electron chi connectivity index (χ3n) is 4.24. The van der Waals surface area contributed by atoms with Crippen LogP contribution in [0.2, 0.25) is 0 Å². The van der Waals surface area contributed by atoms with Gasteiger partial charge in [-0.2, -0.15) is 0 Å². The van der Waals surface area contributed by atoms with Crippen molar-refractivity contribution in [1.82, 2.24) is 0 Å². The maximum absolute atomic E-state index is 8.70. The van der Waals surface area contributed by atoms with Gasteiger partial charge >= 0.3 is 0 Å². The van der Waals surface area contributed by atoms with E-state index >= 15 is 0 Å². The van der Waals surface area contributed by atoms with Crippen molar-refractivity contribution in [2.45, 2.75) is 103 Å². The average molecular weight is 311 g/mol. The number of allylic oxidation sites excluding steroid dienone is 1. The van der Waals surface area contributed by atoms with E-state index in [-0.39, 0.29) is 6.61 Å². The Hall–Kier alpha value is -0.500. The third-order valence-corrected chi connectivity index (χ3v) is 4.24. The van der Waals surface area contributed by atoms with Crippen LogP contribution in [0.25, 0.3) is 0 Å². The van der Waals surface area contributed by atoms with Crippen molar-refractivity contribution in [1.29, 1.82) is 0 Å². The van der Waals surface area contributed by atoms with Gasteiger partial charge in [0.05, 0.1) is 6.61 Å². The van der Waals surface area contributed by atoms with Gasteiger partial charge in [0.25, 0.3) is 0 Å². The van der Waals surface area contributed by atoms with E-state index in [0.29, 0.717) is 0 Å². The van der Waals surface area contributed by atoms with Crippen molar-refractivity contribution in [2.75, 3.05) is 6.61 Å². The van der Waals surface area contributed by atoms with E-state index in [1.807, 2.05) is 0 Å². The van der Waals surface area contributed by atoms with Gasteiger partial charge in [0.1, 0.15) is 0 Å². The van der Waals surface area contributed by atoms with Crippen LogP contribution in [-0.2, 0) is 0 Å². The molecule has 0 saturated carbocycles. The van der Waals surface area contributed by atoms with Crippen molar-refractivity contribution >= 4 is 0 Å². The van der Waals surface area contributed by atoms with Crippen LogP contribution in [0.4, 0.5) is 0 Å². The van der Waals surface area contributed by atoms with Crippen molar-refractivity contribution in [3.8, 4) is 0 Å². The molecule has 0 aliphatic carbocycles. The van der Waals surface area contributed by atoms with Gasteiger partial charge in [0, 0.05) is 5.70 Å².